The molecular weight excluding hydrogens is 402 g/mol. The summed E-state index contributed by atoms with van der Waals surface area (Å²) < 4.78 is 27.7. The standard InChI is InChI=1S/C17H19N5O4S2/c1-17(16(23)20-24,28(2,25)26)7-8-22-10-14(9-18-22)12-3-5-13(6-4-12)15-11-27-21-19-15/h3-6,9-11,24H,7-8H2,1-2H3,(H,20,23). The highest BCUT2D eigenvalue weighted by molar-refractivity contribution is 7.92. The molecule has 11 heteroatoms. The second-order valence-electron chi connectivity index (χ2n) is 6.55. The molecule has 0 radical (unpaired) electrons. The highest BCUT2D eigenvalue weighted by Crippen LogP contribution is 2.25. The number of nitrogens with one attached hydrogen (secondary N) is 1. The SMILES string of the molecule is CC(CCn1cc(-c2ccc(-c3csnn3)cc2)cn1)(C(=O)NO)S(C)(=O)=O. The average Bonchev–Trinajstić information content (AvgIpc) is 3.36. The Labute approximate surface area is 166 Å². The lowest BCUT2D eigenvalue weighted by Crippen LogP contribution is -2.49. The van der Waals surface area contributed by atoms with Gasteiger partial charge in [-0.05, 0) is 30.4 Å². The third-order valence-corrected chi connectivity index (χ3v) is 7.26. The number of carbonyl (C=O) groups excluding carboxylic acids is 1. The van der Waals surface area contributed by atoms with Gasteiger partial charge in [0.25, 0.3) is 5.91 Å². The number of hydrogen-bond donors (Lipinski definition) is 2. The largest absolute Gasteiger partial charge is 0.289 e. The number of sulfone groups is 1. The van der Waals surface area contributed by atoms with Crippen LogP contribution in [-0.4, -0.2) is 49.9 Å². The predicted molar refractivity (Wildman–Crippen MR) is 104 cm³/mol. The lowest BCUT2D eigenvalue weighted by atomic mass is 10.1. The average molecular weight is 422 g/mol. The van der Waals surface area contributed by atoms with E-state index < -0.39 is 20.5 Å². The van der Waals surface area contributed by atoms with Gasteiger partial charge in [-0.3, -0.25) is 14.7 Å². The van der Waals surface area contributed by atoms with Gasteiger partial charge in [0.15, 0.2) is 14.6 Å². The summed E-state index contributed by atoms with van der Waals surface area (Å²) in [5, 5.41) is 19.0. The Kier molecular flexibility index (Phi) is 5.59. The van der Waals surface area contributed by atoms with Crippen LogP contribution >= 0.6 is 11.5 Å². The summed E-state index contributed by atoms with van der Waals surface area (Å²) in [6, 6.07) is 7.76. The topological polar surface area (TPSA) is 127 Å². The number of aryl methyl sites for hydroxylation is 1. The first-order valence-corrected chi connectivity index (χ1v) is 11.0. The van der Waals surface area contributed by atoms with E-state index in [2.05, 4.69) is 14.7 Å². The van der Waals surface area contributed by atoms with Crippen molar-refractivity contribution >= 4 is 27.3 Å². The van der Waals surface area contributed by atoms with Crippen LogP contribution in [0.25, 0.3) is 22.4 Å². The molecule has 148 valence electrons. The van der Waals surface area contributed by atoms with Crippen LogP contribution < -0.4 is 5.48 Å². The molecule has 28 heavy (non-hydrogen) atoms. The molecule has 2 heterocycles. The van der Waals surface area contributed by atoms with Crippen LogP contribution in [0.15, 0.2) is 42.0 Å². The summed E-state index contributed by atoms with van der Waals surface area (Å²) in [5.74, 6) is -0.963. The molecule has 0 aliphatic rings. The van der Waals surface area contributed by atoms with Gasteiger partial charge in [-0.15, -0.1) is 5.10 Å². The van der Waals surface area contributed by atoms with Crippen molar-refractivity contribution in [2.45, 2.75) is 24.6 Å². The number of amides is 1. The van der Waals surface area contributed by atoms with Crippen LogP contribution in [0.4, 0.5) is 0 Å². The lowest BCUT2D eigenvalue weighted by Gasteiger charge is -2.24. The molecule has 0 bridgehead atoms. The molecule has 3 rings (SSSR count). The lowest BCUT2D eigenvalue weighted by molar-refractivity contribution is -0.131. The van der Waals surface area contributed by atoms with Crippen LogP contribution in [0.2, 0.25) is 0 Å². The minimum Gasteiger partial charge on any atom is -0.289 e. The van der Waals surface area contributed by atoms with Crippen LogP contribution in [0.5, 0.6) is 0 Å². The maximum Gasteiger partial charge on any atom is 0.264 e. The van der Waals surface area contributed by atoms with E-state index >= 15 is 0 Å². The van der Waals surface area contributed by atoms with Gasteiger partial charge in [-0.2, -0.15) is 5.10 Å². The van der Waals surface area contributed by atoms with Gasteiger partial charge in [0.05, 0.1) is 6.20 Å². The second kappa shape index (κ2) is 7.78. The van der Waals surface area contributed by atoms with Crippen molar-refractivity contribution in [3.8, 4) is 22.4 Å². The Bertz CT molecular complexity index is 1060. The molecule has 0 spiro atoms. The fraction of sp³-hybridized carbons (Fsp3) is 0.294. The van der Waals surface area contributed by atoms with E-state index in [-0.39, 0.29) is 13.0 Å². The fourth-order valence-corrected chi connectivity index (χ4v) is 3.98. The molecule has 2 aromatic heterocycles. The number of hydroxylamine groups is 1. The van der Waals surface area contributed by atoms with Gasteiger partial charge >= 0.3 is 0 Å². The predicted octanol–water partition coefficient (Wildman–Crippen LogP) is 1.77. The second-order valence-corrected chi connectivity index (χ2v) is 9.61. The maximum absolute atomic E-state index is 12.0. The van der Waals surface area contributed by atoms with E-state index in [1.165, 1.54) is 23.9 Å². The van der Waals surface area contributed by atoms with E-state index in [1.54, 1.807) is 17.1 Å². The van der Waals surface area contributed by atoms with Crippen LogP contribution in [0, 0.1) is 0 Å². The molecule has 2 N–H and O–H groups in total. The fourth-order valence-electron chi connectivity index (χ4n) is 2.67. The van der Waals surface area contributed by atoms with E-state index in [1.807, 2.05) is 29.6 Å². The quantitative estimate of drug-likeness (QED) is 0.439. The zero-order chi connectivity index (χ0) is 20.4. The minimum absolute atomic E-state index is 0.0326. The van der Waals surface area contributed by atoms with Gasteiger partial charge in [-0.25, -0.2) is 13.9 Å². The zero-order valence-electron chi connectivity index (χ0n) is 15.2. The Morgan fingerprint density at radius 2 is 1.93 bits per heavy atom. The summed E-state index contributed by atoms with van der Waals surface area (Å²) in [4.78, 5) is 11.9. The summed E-state index contributed by atoms with van der Waals surface area (Å²) in [6.45, 7) is 1.48. The molecule has 0 saturated heterocycles. The summed E-state index contributed by atoms with van der Waals surface area (Å²) >= 11 is 1.29. The molecule has 9 nitrogen and oxygen atoms in total. The Balaban J connectivity index is 1.74. The monoisotopic (exact) mass is 421 g/mol. The first-order valence-electron chi connectivity index (χ1n) is 8.29. The van der Waals surface area contributed by atoms with Gasteiger partial charge < -0.3 is 0 Å². The number of rotatable bonds is 7. The summed E-state index contributed by atoms with van der Waals surface area (Å²) in [6.07, 6.45) is 4.38. The van der Waals surface area contributed by atoms with Crippen molar-refractivity contribution in [3.63, 3.8) is 0 Å². The van der Waals surface area contributed by atoms with Crippen molar-refractivity contribution in [1.29, 1.82) is 0 Å². The maximum atomic E-state index is 12.0. The zero-order valence-corrected chi connectivity index (χ0v) is 16.9. The molecule has 0 aliphatic heterocycles. The highest BCUT2D eigenvalue weighted by atomic mass is 32.2. The Hall–Kier alpha value is -2.63. The molecule has 0 aliphatic carbocycles. The normalized spacial score (nSPS) is 13.8. The number of benzene rings is 1. The highest BCUT2D eigenvalue weighted by Gasteiger charge is 2.43. The molecule has 0 fully saturated rings. The number of carbonyl (C=O) groups is 1. The molecule has 1 aromatic carbocycles. The smallest absolute Gasteiger partial charge is 0.264 e. The minimum atomic E-state index is -3.74. The van der Waals surface area contributed by atoms with Crippen LogP contribution in [-0.2, 0) is 21.2 Å². The van der Waals surface area contributed by atoms with Gasteiger partial charge in [0.1, 0.15) is 5.69 Å². The molecule has 3 aromatic rings. The molecule has 1 amide bonds. The van der Waals surface area contributed by atoms with Crippen molar-refractivity contribution < 1.29 is 18.4 Å². The van der Waals surface area contributed by atoms with E-state index in [9.17, 15) is 13.2 Å². The number of aromatic nitrogens is 4. The van der Waals surface area contributed by atoms with Crippen molar-refractivity contribution in [2.75, 3.05) is 6.26 Å². The number of hydrogen-bond acceptors (Lipinski definition) is 8. The van der Waals surface area contributed by atoms with Gasteiger partial charge in [0.2, 0.25) is 0 Å². The van der Waals surface area contributed by atoms with Crippen molar-refractivity contribution in [2.24, 2.45) is 0 Å². The van der Waals surface area contributed by atoms with Crippen molar-refractivity contribution in [1.82, 2.24) is 24.8 Å². The number of nitrogens with zero attached hydrogens (tertiary/aromatic N) is 4. The third kappa shape index (κ3) is 3.96. The third-order valence-electron chi connectivity index (χ3n) is 4.73. The van der Waals surface area contributed by atoms with Crippen LogP contribution in [0.1, 0.15) is 13.3 Å². The van der Waals surface area contributed by atoms with Gasteiger partial charge in [0, 0.05) is 35.5 Å². The van der Waals surface area contributed by atoms with Gasteiger partial charge in [-0.1, -0.05) is 28.8 Å². The van der Waals surface area contributed by atoms with E-state index in [0.29, 0.717) is 0 Å². The Morgan fingerprint density at radius 1 is 1.25 bits per heavy atom. The molecule has 0 saturated carbocycles. The first-order chi connectivity index (χ1) is 13.2. The Morgan fingerprint density at radius 3 is 2.50 bits per heavy atom. The van der Waals surface area contributed by atoms with Crippen LogP contribution in [0.3, 0.4) is 0 Å². The molecule has 1 atom stereocenters. The summed E-state index contributed by atoms with van der Waals surface area (Å²) in [7, 11) is -3.74. The van der Waals surface area contributed by atoms with E-state index in [0.717, 1.165) is 28.6 Å². The first kappa shape index (κ1) is 20.1. The van der Waals surface area contributed by atoms with E-state index in [4.69, 9.17) is 5.21 Å². The summed E-state index contributed by atoms with van der Waals surface area (Å²) in [5.41, 5.74) is 5.01. The van der Waals surface area contributed by atoms with Crippen molar-refractivity contribution in [3.05, 3.63) is 42.0 Å². The molecular formula is C17H19N5O4S2. The molecule has 1 unspecified atom stereocenters.